The fourth-order valence-electron chi connectivity index (χ4n) is 2.96. The molecule has 0 saturated carbocycles. The third-order valence-corrected chi connectivity index (χ3v) is 5.18. The van der Waals surface area contributed by atoms with E-state index in [-0.39, 0.29) is 11.5 Å². The van der Waals surface area contributed by atoms with Crippen LogP contribution in [0.1, 0.15) is 63.0 Å². The Labute approximate surface area is 218 Å². The summed E-state index contributed by atoms with van der Waals surface area (Å²) in [5, 5.41) is 0. The van der Waals surface area contributed by atoms with Crippen LogP contribution in [0.4, 0.5) is 0 Å². The van der Waals surface area contributed by atoms with Gasteiger partial charge in [0.05, 0.1) is 30.6 Å². The number of benzene rings is 2. The standard InChI is InChI=1S/C29H36O8/c1-18-10-17-23(33-8)21(24(18)34-9)15-16-22(30)19-11-13-20(14-12-19)35-27(36-25(31)28(2,3)4)37-26(32)29(5,6)7/h10-17,27H,1-9H3/b16-15+. The van der Waals surface area contributed by atoms with Crippen molar-refractivity contribution in [3.8, 4) is 17.2 Å². The minimum atomic E-state index is -1.58. The Morgan fingerprint density at radius 2 is 1.32 bits per heavy atom. The molecule has 2 aromatic rings. The van der Waals surface area contributed by atoms with Crippen LogP contribution in [0, 0.1) is 17.8 Å². The fourth-order valence-corrected chi connectivity index (χ4v) is 2.96. The maximum Gasteiger partial charge on any atom is 0.410 e. The summed E-state index contributed by atoms with van der Waals surface area (Å²) in [6.45, 7) is 10.4. The molecular formula is C29H36O8. The first-order valence-corrected chi connectivity index (χ1v) is 11.8. The number of esters is 2. The predicted molar refractivity (Wildman–Crippen MR) is 140 cm³/mol. The Hall–Kier alpha value is -3.81. The first-order chi connectivity index (χ1) is 17.2. The molecule has 2 rings (SSSR count). The Kier molecular flexibility index (Phi) is 9.50. The van der Waals surface area contributed by atoms with Crippen molar-refractivity contribution in [2.75, 3.05) is 14.2 Å². The van der Waals surface area contributed by atoms with Crippen molar-refractivity contribution in [1.82, 2.24) is 0 Å². The van der Waals surface area contributed by atoms with E-state index in [9.17, 15) is 14.4 Å². The van der Waals surface area contributed by atoms with Gasteiger partial charge in [0.2, 0.25) is 0 Å². The molecule has 2 aromatic carbocycles. The van der Waals surface area contributed by atoms with Crippen LogP contribution in [0.25, 0.3) is 6.08 Å². The average Bonchev–Trinajstić information content (AvgIpc) is 2.81. The number of methoxy groups -OCH3 is 2. The Morgan fingerprint density at radius 1 is 0.784 bits per heavy atom. The van der Waals surface area contributed by atoms with Crippen LogP contribution >= 0.6 is 0 Å². The highest BCUT2D eigenvalue weighted by atomic mass is 16.9. The van der Waals surface area contributed by atoms with E-state index >= 15 is 0 Å². The van der Waals surface area contributed by atoms with Crippen LogP contribution in [0.2, 0.25) is 0 Å². The number of ketones is 1. The van der Waals surface area contributed by atoms with Crippen LogP contribution < -0.4 is 14.2 Å². The molecule has 37 heavy (non-hydrogen) atoms. The predicted octanol–water partition coefficient (Wildman–Crippen LogP) is 5.75. The second kappa shape index (κ2) is 12.0. The summed E-state index contributed by atoms with van der Waals surface area (Å²) in [6.07, 6.45) is 3.07. The minimum Gasteiger partial charge on any atom is -0.496 e. The molecule has 0 N–H and O–H groups in total. The molecular weight excluding hydrogens is 476 g/mol. The second-order valence-electron chi connectivity index (χ2n) is 10.5. The molecule has 0 unspecified atom stereocenters. The van der Waals surface area contributed by atoms with Crippen LogP contribution in [-0.2, 0) is 19.1 Å². The molecule has 0 fully saturated rings. The van der Waals surface area contributed by atoms with Crippen molar-refractivity contribution in [1.29, 1.82) is 0 Å². The van der Waals surface area contributed by atoms with E-state index in [1.807, 2.05) is 19.1 Å². The summed E-state index contributed by atoms with van der Waals surface area (Å²) >= 11 is 0. The molecule has 0 aromatic heterocycles. The summed E-state index contributed by atoms with van der Waals surface area (Å²) in [5.41, 5.74) is 0.291. The van der Waals surface area contributed by atoms with E-state index in [2.05, 4.69) is 0 Å². The van der Waals surface area contributed by atoms with Gasteiger partial charge in [0.1, 0.15) is 17.2 Å². The molecule has 0 radical (unpaired) electrons. The highest BCUT2D eigenvalue weighted by molar-refractivity contribution is 6.07. The number of aryl methyl sites for hydroxylation is 1. The van der Waals surface area contributed by atoms with Gasteiger partial charge in [0, 0.05) is 5.56 Å². The van der Waals surface area contributed by atoms with Crippen molar-refractivity contribution >= 4 is 23.8 Å². The van der Waals surface area contributed by atoms with Crippen LogP contribution in [0.3, 0.4) is 0 Å². The normalized spacial score (nSPS) is 11.8. The molecule has 0 spiro atoms. The Bertz CT molecular complexity index is 1120. The monoisotopic (exact) mass is 512 g/mol. The third kappa shape index (κ3) is 8.10. The highest BCUT2D eigenvalue weighted by Gasteiger charge is 2.32. The largest absolute Gasteiger partial charge is 0.496 e. The van der Waals surface area contributed by atoms with Gasteiger partial charge in [-0.1, -0.05) is 6.07 Å². The highest BCUT2D eigenvalue weighted by Crippen LogP contribution is 2.33. The Morgan fingerprint density at radius 3 is 1.78 bits per heavy atom. The van der Waals surface area contributed by atoms with Gasteiger partial charge in [-0.3, -0.25) is 14.4 Å². The maximum absolute atomic E-state index is 12.8. The summed E-state index contributed by atoms with van der Waals surface area (Å²) < 4.78 is 27.1. The number of hydrogen-bond donors (Lipinski definition) is 0. The van der Waals surface area contributed by atoms with E-state index < -0.39 is 29.2 Å². The van der Waals surface area contributed by atoms with Gasteiger partial charge in [-0.05, 0) is 96.5 Å². The van der Waals surface area contributed by atoms with Crippen LogP contribution in [0.15, 0.2) is 42.5 Å². The van der Waals surface area contributed by atoms with Gasteiger partial charge in [-0.15, -0.1) is 0 Å². The Balaban J connectivity index is 2.22. The summed E-state index contributed by atoms with van der Waals surface area (Å²) in [4.78, 5) is 37.6. The quantitative estimate of drug-likeness (QED) is 0.181. The molecule has 0 aliphatic carbocycles. The van der Waals surface area contributed by atoms with Gasteiger partial charge in [-0.25, -0.2) is 0 Å². The van der Waals surface area contributed by atoms with E-state index in [1.165, 1.54) is 18.2 Å². The lowest BCUT2D eigenvalue weighted by Crippen LogP contribution is -2.37. The zero-order valence-corrected chi connectivity index (χ0v) is 23.0. The molecule has 8 heteroatoms. The molecule has 200 valence electrons. The lowest BCUT2D eigenvalue weighted by atomic mass is 9.97. The summed E-state index contributed by atoms with van der Waals surface area (Å²) in [6, 6.07) is 9.85. The zero-order chi connectivity index (χ0) is 28.0. The smallest absolute Gasteiger partial charge is 0.410 e. The lowest BCUT2D eigenvalue weighted by Gasteiger charge is -2.25. The molecule has 0 heterocycles. The van der Waals surface area contributed by atoms with Gasteiger partial charge < -0.3 is 23.7 Å². The first kappa shape index (κ1) is 29.4. The zero-order valence-electron chi connectivity index (χ0n) is 23.0. The van der Waals surface area contributed by atoms with Crippen molar-refractivity contribution in [2.24, 2.45) is 10.8 Å². The van der Waals surface area contributed by atoms with Gasteiger partial charge in [0.25, 0.3) is 0 Å². The molecule has 0 saturated heterocycles. The molecule has 8 nitrogen and oxygen atoms in total. The number of rotatable bonds is 9. The van der Waals surface area contributed by atoms with Crippen LogP contribution in [0.5, 0.6) is 17.2 Å². The van der Waals surface area contributed by atoms with Crippen molar-refractivity contribution < 1.29 is 38.1 Å². The molecule has 0 atom stereocenters. The molecule has 0 amide bonds. The van der Waals surface area contributed by atoms with Crippen molar-refractivity contribution in [3.63, 3.8) is 0 Å². The number of carbonyl (C=O) groups excluding carboxylic acids is 3. The number of hydrogen-bond acceptors (Lipinski definition) is 8. The molecule has 0 aliphatic rings. The topological polar surface area (TPSA) is 97.4 Å². The fraction of sp³-hybridized carbons (Fsp3) is 0.414. The van der Waals surface area contributed by atoms with E-state index in [0.29, 0.717) is 22.6 Å². The maximum atomic E-state index is 12.8. The SMILES string of the molecule is COc1ccc(C)c(OC)c1/C=C/C(=O)c1ccc(OC(OC(=O)C(C)(C)C)OC(=O)C(C)(C)C)cc1. The van der Waals surface area contributed by atoms with Crippen molar-refractivity contribution in [2.45, 2.75) is 54.9 Å². The van der Waals surface area contributed by atoms with Crippen LogP contribution in [-0.4, -0.2) is 38.4 Å². The van der Waals surface area contributed by atoms with Gasteiger partial charge >= 0.3 is 18.4 Å². The minimum absolute atomic E-state index is 0.246. The number of allylic oxidation sites excluding steroid dienone is 1. The average molecular weight is 513 g/mol. The molecule has 0 aliphatic heterocycles. The van der Waals surface area contributed by atoms with Gasteiger partial charge in [-0.2, -0.15) is 0 Å². The second-order valence-corrected chi connectivity index (χ2v) is 10.5. The summed E-state index contributed by atoms with van der Waals surface area (Å²) in [7, 11) is 3.11. The number of carbonyl (C=O) groups is 3. The van der Waals surface area contributed by atoms with Crippen molar-refractivity contribution in [3.05, 3.63) is 59.2 Å². The van der Waals surface area contributed by atoms with E-state index in [1.54, 1.807) is 74.0 Å². The molecule has 0 bridgehead atoms. The number of ether oxygens (including phenoxy) is 5. The van der Waals surface area contributed by atoms with E-state index in [4.69, 9.17) is 23.7 Å². The lowest BCUT2D eigenvalue weighted by molar-refractivity contribution is -0.244. The van der Waals surface area contributed by atoms with E-state index in [0.717, 1.165) is 5.56 Å². The summed E-state index contributed by atoms with van der Waals surface area (Å²) in [5.74, 6) is -0.0111. The van der Waals surface area contributed by atoms with Gasteiger partial charge in [0.15, 0.2) is 5.78 Å². The third-order valence-electron chi connectivity index (χ3n) is 5.18. The first-order valence-electron chi connectivity index (χ1n) is 11.8.